The molecule has 20 heavy (non-hydrogen) atoms. The van der Waals surface area contributed by atoms with Crippen LogP contribution in [0.1, 0.15) is 39.8 Å². The van der Waals surface area contributed by atoms with E-state index in [0.717, 1.165) is 0 Å². The van der Waals surface area contributed by atoms with Crippen LogP contribution in [0.25, 0.3) is 0 Å². The Hall–Kier alpha value is -1.21. The Morgan fingerprint density at radius 2 is 1.70 bits per heavy atom. The minimum absolute atomic E-state index is 0.240. The van der Waals surface area contributed by atoms with Crippen LogP contribution in [-0.4, -0.2) is 30.4 Å². The zero-order chi connectivity index (χ0) is 15.1. The minimum Gasteiger partial charge on any atom is -0.496 e. The van der Waals surface area contributed by atoms with E-state index in [1.165, 1.54) is 19.2 Å². The number of halogens is 2. The molecule has 0 atom stereocenters. The molecule has 0 bridgehead atoms. The number of pyridine rings is 1. The highest BCUT2D eigenvalue weighted by Gasteiger charge is 2.53. The van der Waals surface area contributed by atoms with Crippen LogP contribution in [0.15, 0.2) is 12.1 Å². The van der Waals surface area contributed by atoms with Crippen LogP contribution in [0.2, 0.25) is 0 Å². The highest BCUT2D eigenvalue weighted by molar-refractivity contribution is 6.62. The summed E-state index contributed by atoms with van der Waals surface area (Å²) in [5.41, 5.74) is -1.21. The van der Waals surface area contributed by atoms with Gasteiger partial charge < -0.3 is 14.0 Å². The second-order valence-corrected chi connectivity index (χ2v) is 5.71. The van der Waals surface area contributed by atoms with E-state index in [1.807, 2.05) is 27.7 Å². The summed E-state index contributed by atoms with van der Waals surface area (Å²) in [4.78, 5) is 3.93. The van der Waals surface area contributed by atoms with Gasteiger partial charge in [0.15, 0.2) is 0 Å². The molecule has 1 aromatic heterocycles. The van der Waals surface area contributed by atoms with Gasteiger partial charge in [-0.25, -0.2) is 8.78 Å². The third-order valence-electron chi connectivity index (χ3n) is 3.83. The Morgan fingerprint density at radius 3 is 2.15 bits per heavy atom. The zero-order valence-electron chi connectivity index (χ0n) is 12.2. The number of aromatic nitrogens is 1. The van der Waals surface area contributed by atoms with E-state index in [2.05, 4.69) is 4.98 Å². The maximum Gasteiger partial charge on any atom is 0.518 e. The van der Waals surface area contributed by atoms with Gasteiger partial charge in [-0.05, 0) is 39.8 Å². The topological polar surface area (TPSA) is 40.6 Å². The monoisotopic (exact) mass is 285 g/mol. The van der Waals surface area contributed by atoms with Crippen LogP contribution in [0.3, 0.4) is 0 Å². The molecular weight excluding hydrogens is 267 g/mol. The standard InChI is InChI=1S/C13H18BF2NO3/c1-12(2)13(3,4)20-14(19-12)10-9(18-5)7-6-8(17-10)11(15)16/h6-7,11H,1-5H3. The van der Waals surface area contributed by atoms with Gasteiger partial charge in [-0.3, -0.25) is 4.98 Å². The molecule has 0 aliphatic carbocycles. The number of nitrogens with zero attached hydrogens (tertiary/aromatic N) is 1. The first kappa shape index (κ1) is 15.2. The molecule has 1 aliphatic rings. The second-order valence-electron chi connectivity index (χ2n) is 5.71. The van der Waals surface area contributed by atoms with Crippen molar-refractivity contribution in [2.24, 2.45) is 0 Å². The predicted octanol–water partition coefficient (Wildman–Crippen LogP) is 2.33. The normalized spacial score (nSPS) is 20.5. The summed E-state index contributed by atoms with van der Waals surface area (Å²) in [5, 5.41) is 0. The summed E-state index contributed by atoms with van der Waals surface area (Å²) in [6.45, 7) is 7.54. The smallest absolute Gasteiger partial charge is 0.496 e. The predicted molar refractivity (Wildman–Crippen MR) is 71.5 cm³/mol. The molecule has 1 aromatic rings. The molecule has 0 saturated carbocycles. The van der Waals surface area contributed by atoms with Crippen LogP contribution in [0.5, 0.6) is 5.75 Å². The average Bonchev–Trinajstić information content (AvgIpc) is 2.57. The maximum atomic E-state index is 12.8. The van der Waals surface area contributed by atoms with Crippen molar-refractivity contribution in [1.82, 2.24) is 4.98 Å². The van der Waals surface area contributed by atoms with E-state index in [0.29, 0.717) is 5.75 Å². The van der Waals surface area contributed by atoms with E-state index in [9.17, 15) is 8.78 Å². The molecular formula is C13H18BF2NO3. The van der Waals surface area contributed by atoms with Crippen LogP contribution >= 0.6 is 0 Å². The lowest BCUT2D eigenvalue weighted by Crippen LogP contribution is -2.41. The molecule has 110 valence electrons. The SMILES string of the molecule is COc1ccc(C(F)F)nc1B1OC(C)(C)C(C)(C)O1. The fourth-order valence-electron chi connectivity index (χ4n) is 1.90. The van der Waals surface area contributed by atoms with E-state index in [-0.39, 0.29) is 11.3 Å². The van der Waals surface area contributed by atoms with Gasteiger partial charge >= 0.3 is 7.12 Å². The van der Waals surface area contributed by atoms with E-state index >= 15 is 0 Å². The van der Waals surface area contributed by atoms with E-state index in [4.69, 9.17) is 14.0 Å². The third kappa shape index (κ3) is 2.52. The highest BCUT2D eigenvalue weighted by Crippen LogP contribution is 2.37. The number of rotatable bonds is 3. The van der Waals surface area contributed by atoms with Crippen molar-refractivity contribution < 1.29 is 22.8 Å². The molecule has 7 heteroatoms. The zero-order valence-corrected chi connectivity index (χ0v) is 12.2. The first-order chi connectivity index (χ1) is 9.18. The third-order valence-corrected chi connectivity index (χ3v) is 3.83. The second kappa shape index (κ2) is 4.97. The molecule has 0 amide bonds. The molecule has 1 fully saturated rings. The Labute approximate surface area is 117 Å². The Kier molecular flexibility index (Phi) is 3.77. The summed E-state index contributed by atoms with van der Waals surface area (Å²) in [6.07, 6.45) is -2.65. The van der Waals surface area contributed by atoms with E-state index in [1.54, 1.807) is 0 Å². The molecule has 0 N–H and O–H groups in total. The van der Waals surface area contributed by atoms with Crippen LogP contribution in [0, 0.1) is 0 Å². The lowest BCUT2D eigenvalue weighted by atomic mass is 9.83. The largest absolute Gasteiger partial charge is 0.518 e. The molecule has 1 saturated heterocycles. The summed E-state index contributed by atoms with van der Waals surface area (Å²) in [7, 11) is 0.627. The lowest BCUT2D eigenvalue weighted by molar-refractivity contribution is 0.00578. The molecule has 1 aliphatic heterocycles. The Balaban J connectivity index is 2.40. The summed E-state index contributed by atoms with van der Waals surface area (Å²) in [6, 6.07) is 2.69. The van der Waals surface area contributed by atoms with Crippen LogP contribution in [-0.2, 0) is 9.31 Å². The molecule has 0 unspecified atom stereocenters. The molecule has 0 spiro atoms. The fraction of sp³-hybridized carbons (Fsp3) is 0.615. The first-order valence-corrected chi connectivity index (χ1v) is 6.36. The summed E-state index contributed by atoms with van der Waals surface area (Å²) < 4.78 is 42.4. The number of ether oxygens (including phenoxy) is 1. The van der Waals surface area contributed by atoms with E-state index < -0.39 is 24.7 Å². The average molecular weight is 285 g/mol. The molecule has 0 aromatic carbocycles. The maximum absolute atomic E-state index is 12.8. The van der Waals surface area contributed by atoms with Crippen LogP contribution < -0.4 is 10.3 Å². The van der Waals surface area contributed by atoms with Crippen molar-refractivity contribution in [2.45, 2.75) is 45.3 Å². The van der Waals surface area contributed by atoms with Gasteiger partial charge in [0.05, 0.1) is 18.3 Å². The van der Waals surface area contributed by atoms with Gasteiger partial charge in [0, 0.05) is 0 Å². The molecule has 2 heterocycles. The fourth-order valence-corrected chi connectivity index (χ4v) is 1.90. The van der Waals surface area contributed by atoms with Crippen molar-refractivity contribution in [3.63, 3.8) is 0 Å². The van der Waals surface area contributed by atoms with Crippen molar-refractivity contribution in [2.75, 3.05) is 7.11 Å². The Bertz CT molecular complexity index is 492. The molecule has 4 nitrogen and oxygen atoms in total. The van der Waals surface area contributed by atoms with Gasteiger partial charge in [-0.2, -0.15) is 0 Å². The quantitative estimate of drug-likeness (QED) is 0.799. The van der Waals surface area contributed by atoms with Gasteiger partial charge in [0.25, 0.3) is 6.43 Å². The number of hydrogen-bond acceptors (Lipinski definition) is 4. The highest BCUT2D eigenvalue weighted by atomic mass is 19.3. The first-order valence-electron chi connectivity index (χ1n) is 6.36. The summed E-state index contributed by atoms with van der Waals surface area (Å²) >= 11 is 0. The van der Waals surface area contributed by atoms with Gasteiger partial charge in [-0.15, -0.1) is 0 Å². The van der Waals surface area contributed by atoms with Crippen molar-refractivity contribution in [1.29, 1.82) is 0 Å². The van der Waals surface area contributed by atoms with Crippen molar-refractivity contribution in [3.05, 3.63) is 17.8 Å². The molecule has 0 radical (unpaired) electrons. The number of alkyl halides is 2. The summed E-state index contributed by atoms with van der Waals surface area (Å²) in [5.74, 6) is 0.368. The minimum atomic E-state index is -2.65. The van der Waals surface area contributed by atoms with Crippen LogP contribution in [0.4, 0.5) is 8.78 Å². The van der Waals surface area contributed by atoms with Crippen molar-refractivity contribution in [3.8, 4) is 5.75 Å². The number of methoxy groups -OCH3 is 1. The van der Waals surface area contributed by atoms with Crippen molar-refractivity contribution >= 4 is 12.7 Å². The van der Waals surface area contributed by atoms with Gasteiger partial charge in [-0.1, -0.05) is 0 Å². The lowest BCUT2D eigenvalue weighted by Gasteiger charge is -2.32. The van der Waals surface area contributed by atoms with Gasteiger partial charge in [0.1, 0.15) is 17.0 Å². The molecule has 2 rings (SSSR count). The van der Waals surface area contributed by atoms with Gasteiger partial charge in [0.2, 0.25) is 0 Å². The Morgan fingerprint density at radius 1 is 1.15 bits per heavy atom. The number of hydrogen-bond donors (Lipinski definition) is 0.